The van der Waals surface area contributed by atoms with Gasteiger partial charge in [-0.15, -0.1) is 0 Å². The SMILES string of the molecule is Cc1cnc(C#Cc2cccc(F)c2)cc1C(=O)OC(C)(C)C. The Balaban J connectivity index is 2.29. The molecule has 1 aromatic heterocycles. The molecule has 0 saturated carbocycles. The summed E-state index contributed by atoms with van der Waals surface area (Å²) in [5.41, 5.74) is 1.56. The van der Waals surface area contributed by atoms with E-state index in [9.17, 15) is 9.18 Å². The summed E-state index contributed by atoms with van der Waals surface area (Å²) in [7, 11) is 0. The van der Waals surface area contributed by atoms with E-state index in [1.807, 2.05) is 20.8 Å². The summed E-state index contributed by atoms with van der Waals surface area (Å²) >= 11 is 0. The van der Waals surface area contributed by atoms with Crippen molar-refractivity contribution in [3.05, 3.63) is 64.7 Å². The van der Waals surface area contributed by atoms with Gasteiger partial charge in [0.1, 0.15) is 17.1 Å². The smallest absolute Gasteiger partial charge is 0.339 e. The number of aryl methyl sites for hydroxylation is 1. The normalized spacial score (nSPS) is 10.7. The molecule has 0 unspecified atom stereocenters. The molecule has 0 atom stereocenters. The van der Waals surface area contributed by atoms with Gasteiger partial charge in [-0.1, -0.05) is 12.0 Å². The van der Waals surface area contributed by atoms with Crippen LogP contribution in [0.25, 0.3) is 0 Å². The third kappa shape index (κ3) is 4.93. The molecule has 23 heavy (non-hydrogen) atoms. The minimum atomic E-state index is -0.569. The second-order valence-corrected chi connectivity index (χ2v) is 6.15. The van der Waals surface area contributed by atoms with Crippen LogP contribution in [0.5, 0.6) is 0 Å². The summed E-state index contributed by atoms with van der Waals surface area (Å²) < 4.78 is 18.5. The number of carbonyl (C=O) groups is 1. The van der Waals surface area contributed by atoms with Gasteiger partial charge in [-0.2, -0.15) is 0 Å². The van der Waals surface area contributed by atoms with E-state index in [1.165, 1.54) is 12.1 Å². The second-order valence-electron chi connectivity index (χ2n) is 6.15. The summed E-state index contributed by atoms with van der Waals surface area (Å²) in [6.07, 6.45) is 1.58. The molecule has 0 spiro atoms. The maximum Gasteiger partial charge on any atom is 0.339 e. The molecule has 0 aliphatic carbocycles. The number of ether oxygens (including phenoxy) is 1. The molecule has 1 aromatic carbocycles. The van der Waals surface area contributed by atoms with Crippen LogP contribution in [0.2, 0.25) is 0 Å². The Hall–Kier alpha value is -2.67. The van der Waals surface area contributed by atoms with Crippen LogP contribution in [0.3, 0.4) is 0 Å². The van der Waals surface area contributed by atoms with Crippen molar-refractivity contribution in [1.29, 1.82) is 0 Å². The van der Waals surface area contributed by atoms with E-state index in [-0.39, 0.29) is 5.82 Å². The highest BCUT2D eigenvalue weighted by Gasteiger charge is 2.19. The average Bonchev–Trinajstić information content (AvgIpc) is 2.44. The summed E-state index contributed by atoms with van der Waals surface area (Å²) in [6.45, 7) is 7.22. The van der Waals surface area contributed by atoms with Gasteiger partial charge in [0.25, 0.3) is 0 Å². The van der Waals surface area contributed by atoms with Gasteiger partial charge >= 0.3 is 5.97 Å². The minimum absolute atomic E-state index is 0.344. The van der Waals surface area contributed by atoms with Crippen LogP contribution in [0.4, 0.5) is 4.39 Å². The number of rotatable bonds is 1. The zero-order valence-electron chi connectivity index (χ0n) is 13.6. The fourth-order valence-corrected chi connectivity index (χ4v) is 1.85. The molecule has 2 rings (SSSR count). The number of carbonyl (C=O) groups excluding carboxylic acids is 1. The first-order valence-corrected chi connectivity index (χ1v) is 7.22. The Morgan fingerprint density at radius 3 is 2.61 bits per heavy atom. The highest BCUT2D eigenvalue weighted by molar-refractivity contribution is 5.91. The molecule has 1 heterocycles. The van der Waals surface area contributed by atoms with Crippen LogP contribution in [-0.2, 0) is 4.74 Å². The minimum Gasteiger partial charge on any atom is -0.456 e. The summed E-state index contributed by atoms with van der Waals surface area (Å²) in [6, 6.07) is 7.59. The topological polar surface area (TPSA) is 39.2 Å². The highest BCUT2D eigenvalue weighted by atomic mass is 19.1. The molecule has 3 nitrogen and oxygen atoms in total. The number of nitrogens with zero attached hydrogens (tertiary/aromatic N) is 1. The van der Waals surface area contributed by atoms with Crippen molar-refractivity contribution in [3.63, 3.8) is 0 Å². The number of hydrogen-bond acceptors (Lipinski definition) is 3. The predicted molar refractivity (Wildman–Crippen MR) is 86.5 cm³/mol. The lowest BCUT2D eigenvalue weighted by molar-refractivity contribution is 0.00685. The largest absolute Gasteiger partial charge is 0.456 e. The van der Waals surface area contributed by atoms with Crippen LogP contribution < -0.4 is 0 Å². The van der Waals surface area contributed by atoms with E-state index in [1.54, 1.807) is 31.3 Å². The number of aromatic nitrogens is 1. The van der Waals surface area contributed by atoms with E-state index in [0.717, 1.165) is 5.56 Å². The molecule has 0 saturated heterocycles. The first-order valence-electron chi connectivity index (χ1n) is 7.22. The fourth-order valence-electron chi connectivity index (χ4n) is 1.85. The molecule has 118 valence electrons. The molecular formula is C19H18FNO2. The third-order valence-electron chi connectivity index (χ3n) is 2.88. The Kier molecular flexibility index (Phi) is 4.80. The highest BCUT2D eigenvalue weighted by Crippen LogP contribution is 2.15. The maximum atomic E-state index is 13.1. The van der Waals surface area contributed by atoms with Gasteiger partial charge in [0.05, 0.1) is 5.56 Å². The molecule has 0 amide bonds. The zero-order valence-corrected chi connectivity index (χ0v) is 13.6. The second kappa shape index (κ2) is 6.62. The van der Waals surface area contributed by atoms with Gasteiger partial charge in [-0.25, -0.2) is 14.2 Å². The lowest BCUT2D eigenvalue weighted by Gasteiger charge is -2.20. The Bertz CT molecular complexity index is 795. The first kappa shape index (κ1) is 16.7. The lowest BCUT2D eigenvalue weighted by Crippen LogP contribution is -2.24. The third-order valence-corrected chi connectivity index (χ3v) is 2.88. The Labute approximate surface area is 135 Å². The van der Waals surface area contributed by atoms with Crippen LogP contribution in [0, 0.1) is 24.6 Å². The molecule has 2 aromatic rings. The number of esters is 1. The van der Waals surface area contributed by atoms with Gasteiger partial charge in [-0.3, -0.25) is 0 Å². The van der Waals surface area contributed by atoms with Gasteiger partial charge in [0.2, 0.25) is 0 Å². The Morgan fingerprint density at radius 1 is 1.22 bits per heavy atom. The van der Waals surface area contributed by atoms with Gasteiger partial charge in [0, 0.05) is 11.8 Å². The van der Waals surface area contributed by atoms with Crippen molar-refractivity contribution in [2.75, 3.05) is 0 Å². The molecule has 0 radical (unpaired) electrons. The van der Waals surface area contributed by atoms with Crippen molar-refractivity contribution in [1.82, 2.24) is 4.98 Å². The van der Waals surface area contributed by atoms with Crippen LogP contribution in [-0.4, -0.2) is 16.6 Å². The average molecular weight is 311 g/mol. The number of pyridine rings is 1. The molecule has 0 aliphatic rings. The number of halogens is 1. The van der Waals surface area contributed by atoms with Gasteiger partial charge < -0.3 is 4.74 Å². The van der Waals surface area contributed by atoms with Crippen LogP contribution in [0.15, 0.2) is 36.5 Å². The molecule has 0 N–H and O–H groups in total. The molecule has 4 heteroatoms. The van der Waals surface area contributed by atoms with E-state index in [2.05, 4.69) is 16.8 Å². The van der Waals surface area contributed by atoms with Gasteiger partial charge in [0.15, 0.2) is 0 Å². The van der Waals surface area contributed by atoms with Crippen molar-refractivity contribution in [2.45, 2.75) is 33.3 Å². The molecule has 0 fully saturated rings. The zero-order chi connectivity index (χ0) is 17.0. The van der Waals surface area contributed by atoms with Crippen molar-refractivity contribution in [3.8, 4) is 11.8 Å². The standard InChI is InChI=1S/C19H18FNO2/c1-13-12-21-16(9-8-14-6-5-7-15(20)10-14)11-17(13)18(22)23-19(2,3)4/h5-7,10-12H,1-4H3. The monoisotopic (exact) mass is 311 g/mol. The van der Waals surface area contributed by atoms with E-state index >= 15 is 0 Å². The fraction of sp³-hybridized carbons (Fsp3) is 0.263. The molecular weight excluding hydrogens is 293 g/mol. The Morgan fingerprint density at radius 2 is 1.96 bits per heavy atom. The summed E-state index contributed by atoms with van der Waals surface area (Å²) in [5.74, 6) is 4.91. The molecule has 0 aliphatic heterocycles. The maximum absolute atomic E-state index is 13.1. The number of benzene rings is 1. The van der Waals surface area contributed by atoms with Crippen LogP contribution >= 0.6 is 0 Å². The van der Waals surface area contributed by atoms with E-state index in [4.69, 9.17) is 4.74 Å². The quantitative estimate of drug-likeness (QED) is 0.592. The van der Waals surface area contributed by atoms with Gasteiger partial charge in [-0.05, 0) is 63.4 Å². The summed E-state index contributed by atoms with van der Waals surface area (Å²) in [5, 5.41) is 0. The van der Waals surface area contributed by atoms with Crippen molar-refractivity contribution in [2.24, 2.45) is 0 Å². The summed E-state index contributed by atoms with van der Waals surface area (Å²) in [4.78, 5) is 16.4. The number of hydrogen-bond donors (Lipinski definition) is 0. The van der Waals surface area contributed by atoms with Crippen molar-refractivity contribution < 1.29 is 13.9 Å². The predicted octanol–water partition coefficient (Wildman–Crippen LogP) is 3.88. The lowest BCUT2D eigenvalue weighted by atomic mass is 10.1. The van der Waals surface area contributed by atoms with Crippen molar-refractivity contribution >= 4 is 5.97 Å². The first-order chi connectivity index (χ1) is 10.7. The van der Waals surface area contributed by atoms with E-state index < -0.39 is 11.6 Å². The van der Waals surface area contributed by atoms with Crippen LogP contribution in [0.1, 0.15) is 48.0 Å². The molecule has 0 bridgehead atoms. The van der Waals surface area contributed by atoms with E-state index in [0.29, 0.717) is 16.8 Å².